The van der Waals surface area contributed by atoms with Gasteiger partial charge in [0.2, 0.25) is 5.91 Å². The van der Waals surface area contributed by atoms with Crippen molar-refractivity contribution in [1.82, 2.24) is 16.0 Å². The fourth-order valence-corrected chi connectivity index (χ4v) is 3.27. The maximum absolute atomic E-state index is 13.0. The average Bonchev–Trinajstić information content (AvgIpc) is 2.81. The predicted molar refractivity (Wildman–Crippen MR) is 132 cm³/mol. The molecule has 0 saturated heterocycles. The van der Waals surface area contributed by atoms with Crippen molar-refractivity contribution in [2.75, 3.05) is 6.54 Å². The largest absolute Gasteiger partial charge is 0.480 e. The summed E-state index contributed by atoms with van der Waals surface area (Å²) < 4.78 is 0. The Morgan fingerprint density at radius 1 is 1.00 bits per heavy atom. The zero-order valence-corrected chi connectivity index (χ0v) is 19.9. The number of rotatable bonds is 12. The van der Waals surface area contributed by atoms with Gasteiger partial charge >= 0.3 is 12.0 Å². The van der Waals surface area contributed by atoms with Crippen LogP contribution in [0.15, 0.2) is 58.8 Å². The van der Waals surface area contributed by atoms with Gasteiger partial charge in [0.05, 0.1) is 5.69 Å². The number of nitrogens with one attached hydrogen (secondary N) is 3. The minimum atomic E-state index is -1.19. The number of carboxylic acid groups (broad SMARTS) is 1. The van der Waals surface area contributed by atoms with Crippen LogP contribution in [0.3, 0.4) is 0 Å². The second-order valence-electron chi connectivity index (χ2n) is 8.20. The van der Waals surface area contributed by atoms with Crippen molar-refractivity contribution < 1.29 is 19.5 Å². The lowest BCUT2D eigenvalue weighted by atomic mass is 10.0. The molecule has 188 valence electrons. The van der Waals surface area contributed by atoms with Crippen LogP contribution in [0.4, 0.5) is 10.5 Å². The van der Waals surface area contributed by atoms with E-state index in [1.165, 1.54) is 0 Å². The molecular formula is C24H33N7O4. The monoisotopic (exact) mass is 483 g/mol. The molecule has 11 nitrogen and oxygen atoms in total. The topological polar surface area (TPSA) is 184 Å². The molecule has 35 heavy (non-hydrogen) atoms. The van der Waals surface area contributed by atoms with Gasteiger partial charge in [0, 0.05) is 6.42 Å². The molecule has 0 aliphatic carbocycles. The molecule has 2 aromatic carbocycles. The molecule has 0 aliphatic rings. The SMILES string of the molecule is Cc1ccc(C)c(/N=N/C(=O)NC(Cc2ccccc2)C(=O)NC(CCCNC(N)N)C(=O)O)c1. The van der Waals surface area contributed by atoms with Gasteiger partial charge in [0.25, 0.3) is 0 Å². The van der Waals surface area contributed by atoms with Crippen molar-refractivity contribution in [2.24, 2.45) is 21.7 Å². The Morgan fingerprint density at radius 3 is 2.37 bits per heavy atom. The number of hydrogen-bond acceptors (Lipinski definition) is 7. The van der Waals surface area contributed by atoms with E-state index in [2.05, 4.69) is 26.2 Å². The van der Waals surface area contributed by atoms with E-state index in [1.54, 1.807) is 18.2 Å². The third-order valence-electron chi connectivity index (χ3n) is 5.17. The Morgan fingerprint density at radius 2 is 1.71 bits per heavy atom. The normalized spacial score (nSPS) is 12.9. The van der Waals surface area contributed by atoms with Crippen molar-refractivity contribution >= 4 is 23.6 Å². The summed E-state index contributed by atoms with van der Waals surface area (Å²) in [5.41, 5.74) is 14.0. The van der Waals surface area contributed by atoms with E-state index < -0.39 is 36.3 Å². The van der Waals surface area contributed by atoms with Gasteiger partial charge in [0.1, 0.15) is 18.4 Å². The molecule has 0 fully saturated rings. The van der Waals surface area contributed by atoms with E-state index in [4.69, 9.17) is 11.5 Å². The first-order valence-corrected chi connectivity index (χ1v) is 11.3. The molecule has 0 heterocycles. The van der Waals surface area contributed by atoms with Gasteiger partial charge in [-0.25, -0.2) is 9.59 Å². The number of benzene rings is 2. The summed E-state index contributed by atoms with van der Waals surface area (Å²) in [6, 6.07) is 11.6. The molecule has 3 amide bonds. The van der Waals surface area contributed by atoms with Crippen molar-refractivity contribution in [3.63, 3.8) is 0 Å². The highest BCUT2D eigenvalue weighted by molar-refractivity contribution is 5.90. The number of carbonyl (C=O) groups is 3. The number of hydrogen-bond donors (Lipinski definition) is 6. The highest BCUT2D eigenvalue weighted by Crippen LogP contribution is 2.20. The summed E-state index contributed by atoms with van der Waals surface area (Å²) in [6.07, 6.45) is 0.00469. The zero-order valence-electron chi connectivity index (χ0n) is 19.9. The van der Waals surface area contributed by atoms with Gasteiger partial charge in [-0.3, -0.25) is 10.1 Å². The minimum absolute atomic E-state index is 0.146. The summed E-state index contributed by atoms with van der Waals surface area (Å²) >= 11 is 0. The maximum Gasteiger partial charge on any atom is 0.360 e. The molecule has 8 N–H and O–H groups in total. The highest BCUT2D eigenvalue weighted by atomic mass is 16.4. The maximum atomic E-state index is 13.0. The Hall–Kier alpha value is -3.67. The number of carboxylic acids is 1. The Balaban J connectivity index is 2.11. The Kier molecular flexibility index (Phi) is 10.9. The van der Waals surface area contributed by atoms with E-state index in [9.17, 15) is 19.5 Å². The van der Waals surface area contributed by atoms with Crippen LogP contribution in [0, 0.1) is 13.8 Å². The average molecular weight is 484 g/mol. The lowest BCUT2D eigenvalue weighted by molar-refractivity contribution is -0.142. The number of nitrogens with zero attached hydrogens (tertiary/aromatic N) is 2. The smallest absolute Gasteiger partial charge is 0.360 e. The van der Waals surface area contributed by atoms with Crippen LogP contribution in [0.1, 0.15) is 29.5 Å². The van der Waals surface area contributed by atoms with Crippen LogP contribution in [0.5, 0.6) is 0 Å². The van der Waals surface area contributed by atoms with E-state index >= 15 is 0 Å². The van der Waals surface area contributed by atoms with Crippen molar-refractivity contribution in [3.05, 3.63) is 65.2 Å². The molecule has 0 saturated carbocycles. The predicted octanol–water partition coefficient (Wildman–Crippen LogP) is 1.85. The third-order valence-corrected chi connectivity index (χ3v) is 5.17. The Labute approximate surface area is 204 Å². The summed E-state index contributed by atoms with van der Waals surface area (Å²) in [7, 11) is 0. The van der Waals surface area contributed by atoms with Gasteiger partial charge in [-0.1, -0.05) is 47.6 Å². The van der Waals surface area contributed by atoms with Crippen molar-refractivity contribution in [1.29, 1.82) is 0 Å². The number of aliphatic carboxylic acids is 1. The summed E-state index contributed by atoms with van der Waals surface area (Å²) in [4.78, 5) is 37.2. The number of nitrogens with two attached hydrogens (primary N) is 2. The Bertz CT molecular complexity index is 1030. The molecule has 0 aliphatic heterocycles. The van der Waals surface area contributed by atoms with Crippen LogP contribution < -0.4 is 27.4 Å². The van der Waals surface area contributed by atoms with Crippen LogP contribution in [-0.4, -0.2) is 47.9 Å². The number of urea groups is 1. The van der Waals surface area contributed by atoms with Crippen molar-refractivity contribution in [3.8, 4) is 0 Å². The zero-order chi connectivity index (χ0) is 25.8. The van der Waals surface area contributed by atoms with Gasteiger partial charge in [-0.2, -0.15) is 0 Å². The van der Waals surface area contributed by atoms with Gasteiger partial charge in [-0.15, -0.1) is 5.11 Å². The highest BCUT2D eigenvalue weighted by Gasteiger charge is 2.26. The number of carbonyl (C=O) groups excluding carboxylic acids is 2. The van der Waals surface area contributed by atoms with E-state index in [1.807, 2.05) is 44.2 Å². The molecular weight excluding hydrogens is 450 g/mol. The van der Waals surface area contributed by atoms with Crippen LogP contribution >= 0.6 is 0 Å². The molecule has 2 unspecified atom stereocenters. The fraction of sp³-hybridized carbons (Fsp3) is 0.375. The number of aryl methyl sites for hydroxylation is 2. The molecule has 0 spiro atoms. The lowest BCUT2D eigenvalue weighted by Crippen LogP contribution is -2.52. The second kappa shape index (κ2) is 13.9. The van der Waals surface area contributed by atoms with Gasteiger partial charge < -0.3 is 27.2 Å². The minimum Gasteiger partial charge on any atom is -0.480 e. The first kappa shape index (κ1) is 27.6. The van der Waals surface area contributed by atoms with Gasteiger partial charge in [-0.05, 0) is 56.0 Å². The van der Waals surface area contributed by atoms with E-state index in [0.29, 0.717) is 18.7 Å². The van der Waals surface area contributed by atoms with Crippen LogP contribution in [0.2, 0.25) is 0 Å². The van der Waals surface area contributed by atoms with Crippen molar-refractivity contribution in [2.45, 2.75) is 51.5 Å². The summed E-state index contributed by atoms with van der Waals surface area (Å²) in [6.45, 7) is 4.14. The van der Waals surface area contributed by atoms with E-state index in [0.717, 1.165) is 16.7 Å². The summed E-state index contributed by atoms with van der Waals surface area (Å²) in [5, 5.41) is 25.1. The molecule has 0 bridgehead atoms. The summed E-state index contributed by atoms with van der Waals surface area (Å²) in [5.74, 6) is -1.82. The quantitative estimate of drug-likeness (QED) is 0.151. The molecule has 11 heteroatoms. The van der Waals surface area contributed by atoms with Crippen LogP contribution in [0.25, 0.3) is 0 Å². The molecule has 2 aromatic rings. The first-order valence-electron chi connectivity index (χ1n) is 11.3. The molecule has 0 aromatic heterocycles. The molecule has 2 rings (SSSR count). The third kappa shape index (κ3) is 10.0. The lowest BCUT2D eigenvalue weighted by Gasteiger charge is -2.21. The number of azo groups is 1. The van der Waals surface area contributed by atoms with Gasteiger partial charge in [0.15, 0.2) is 0 Å². The fourth-order valence-electron chi connectivity index (χ4n) is 3.27. The second-order valence-corrected chi connectivity index (χ2v) is 8.20. The number of amides is 3. The molecule has 0 radical (unpaired) electrons. The van der Waals surface area contributed by atoms with E-state index in [-0.39, 0.29) is 12.8 Å². The standard InChI is InChI=1S/C24H33N7O4/c1-15-10-11-16(2)19(13-15)30-31-24(35)29-20(14-17-7-4-3-5-8-17)21(32)28-18(22(33)34)9-6-12-27-23(25)26/h3-5,7-8,10-11,13,18,20,23,27H,6,9,12,14,25-26H2,1-2H3,(H,28,32)(H,29,35)(H,33,34)/b31-30+. The molecule has 2 atom stereocenters. The van der Waals surface area contributed by atoms with Crippen LogP contribution in [-0.2, 0) is 16.0 Å². The first-order chi connectivity index (χ1) is 16.7.